The summed E-state index contributed by atoms with van der Waals surface area (Å²) in [5.41, 5.74) is 2.95. The predicted octanol–water partition coefficient (Wildman–Crippen LogP) is 6.32. The average Bonchev–Trinajstić information content (AvgIpc) is 2.55. The highest BCUT2D eigenvalue weighted by molar-refractivity contribution is 5.42. The average molecular weight is 296 g/mol. The van der Waals surface area contributed by atoms with Crippen molar-refractivity contribution in [2.45, 2.75) is 45.4 Å². The summed E-state index contributed by atoms with van der Waals surface area (Å²) >= 11 is 0. The maximum absolute atomic E-state index is 9.22. The molecule has 0 unspecified atom stereocenters. The van der Waals surface area contributed by atoms with E-state index in [-0.39, 0.29) is 5.75 Å². The van der Waals surface area contributed by atoms with Gasteiger partial charge in [0.15, 0.2) is 0 Å². The first kappa shape index (κ1) is 16.2. The normalized spacial score (nSPS) is 11.1. The van der Waals surface area contributed by atoms with Crippen molar-refractivity contribution in [3.8, 4) is 5.75 Å². The molecule has 0 aliphatic heterocycles. The van der Waals surface area contributed by atoms with E-state index in [9.17, 15) is 5.11 Å². The molecule has 0 aromatic heterocycles. The van der Waals surface area contributed by atoms with Crippen molar-refractivity contribution in [2.24, 2.45) is 10.2 Å². The molecule has 3 nitrogen and oxygen atoms in total. The first-order valence-corrected chi connectivity index (χ1v) is 8.07. The molecular formula is C19H24N2O. The number of hydrogen-bond acceptors (Lipinski definition) is 3. The number of phenols is 1. The van der Waals surface area contributed by atoms with E-state index in [1.54, 1.807) is 24.3 Å². The van der Waals surface area contributed by atoms with Gasteiger partial charge in [0.05, 0.1) is 11.4 Å². The first-order chi connectivity index (χ1) is 10.8. The molecule has 1 N–H and O–H groups in total. The molecule has 0 heterocycles. The van der Waals surface area contributed by atoms with Crippen LogP contribution < -0.4 is 0 Å². The summed E-state index contributed by atoms with van der Waals surface area (Å²) in [6, 6.07) is 15.0. The summed E-state index contributed by atoms with van der Waals surface area (Å²) in [5.74, 6) is 0.238. The summed E-state index contributed by atoms with van der Waals surface area (Å²) in [6.45, 7) is 2.24. The Labute approximate surface area is 132 Å². The van der Waals surface area contributed by atoms with Crippen LogP contribution in [0.25, 0.3) is 0 Å². The lowest BCUT2D eigenvalue weighted by Gasteiger charge is -2.02. The maximum atomic E-state index is 9.22. The zero-order chi connectivity index (χ0) is 15.6. The van der Waals surface area contributed by atoms with Gasteiger partial charge < -0.3 is 5.11 Å². The highest BCUT2D eigenvalue weighted by atomic mass is 16.3. The zero-order valence-corrected chi connectivity index (χ0v) is 13.2. The lowest BCUT2D eigenvalue weighted by atomic mass is 10.1. The molecule has 22 heavy (non-hydrogen) atoms. The second-order valence-corrected chi connectivity index (χ2v) is 5.55. The van der Waals surface area contributed by atoms with Crippen LogP contribution in [-0.4, -0.2) is 5.11 Å². The molecule has 2 aromatic carbocycles. The lowest BCUT2D eigenvalue weighted by Crippen LogP contribution is -1.85. The fourth-order valence-corrected chi connectivity index (χ4v) is 2.30. The van der Waals surface area contributed by atoms with Crippen LogP contribution in [0.2, 0.25) is 0 Å². The van der Waals surface area contributed by atoms with Gasteiger partial charge in [0, 0.05) is 0 Å². The van der Waals surface area contributed by atoms with Crippen molar-refractivity contribution in [3.05, 3.63) is 54.1 Å². The van der Waals surface area contributed by atoms with Gasteiger partial charge in [-0.15, -0.1) is 0 Å². The van der Waals surface area contributed by atoms with Crippen molar-refractivity contribution in [1.82, 2.24) is 0 Å². The van der Waals surface area contributed by atoms with E-state index in [1.165, 1.54) is 37.7 Å². The van der Waals surface area contributed by atoms with Gasteiger partial charge in [-0.1, -0.05) is 44.7 Å². The minimum Gasteiger partial charge on any atom is -0.508 e. The van der Waals surface area contributed by atoms with Gasteiger partial charge >= 0.3 is 0 Å². The Morgan fingerprint density at radius 1 is 0.727 bits per heavy atom. The van der Waals surface area contributed by atoms with Crippen LogP contribution in [-0.2, 0) is 6.42 Å². The number of aryl methyl sites for hydroxylation is 1. The Morgan fingerprint density at radius 3 is 1.86 bits per heavy atom. The van der Waals surface area contributed by atoms with E-state index in [0.29, 0.717) is 0 Å². The molecule has 0 fully saturated rings. The molecular weight excluding hydrogens is 272 g/mol. The van der Waals surface area contributed by atoms with E-state index in [1.807, 2.05) is 12.1 Å². The largest absolute Gasteiger partial charge is 0.508 e. The fourth-order valence-electron chi connectivity index (χ4n) is 2.30. The van der Waals surface area contributed by atoms with Crippen LogP contribution in [0.1, 0.15) is 44.6 Å². The number of benzene rings is 2. The van der Waals surface area contributed by atoms with Gasteiger partial charge in [-0.2, -0.15) is 10.2 Å². The molecule has 0 amide bonds. The summed E-state index contributed by atoms with van der Waals surface area (Å²) in [6.07, 6.45) is 7.69. The van der Waals surface area contributed by atoms with Gasteiger partial charge in [0.2, 0.25) is 0 Å². The quantitative estimate of drug-likeness (QED) is 0.449. The third kappa shape index (κ3) is 5.68. The van der Waals surface area contributed by atoms with Crippen molar-refractivity contribution in [3.63, 3.8) is 0 Å². The number of rotatable bonds is 8. The van der Waals surface area contributed by atoms with Crippen molar-refractivity contribution in [1.29, 1.82) is 0 Å². The van der Waals surface area contributed by atoms with Crippen LogP contribution in [0.3, 0.4) is 0 Å². The van der Waals surface area contributed by atoms with E-state index >= 15 is 0 Å². The molecule has 0 saturated carbocycles. The van der Waals surface area contributed by atoms with Crippen LogP contribution in [0.4, 0.5) is 11.4 Å². The Balaban J connectivity index is 1.82. The first-order valence-electron chi connectivity index (χ1n) is 8.07. The van der Waals surface area contributed by atoms with Gasteiger partial charge in [0.1, 0.15) is 5.75 Å². The summed E-state index contributed by atoms with van der Waals surface area (Å²) in [7, 11) is 0. The maximum Gasteiger partial charge on any atom is 0.115 e. The standard InChI is InChI=1S/C19H24N2O/c1-2-3-4-5-6-7-16-8-10-17(11-9-16)20-21-18-12-14-19(22)15-13-18/h8-15,22H,2-7H2,1H3/b21-20+. The van der Waals surface area contributed by atoms with Gasteiger partial charge in [-0.05, 0) is 54.8 Å². The van der Waals surface area contributed by atoms with E-state index in [4.69, 9.17) is 0 Å². The number of phenolic OH excluding ortho intramolecular Hbond substituents is 1. The van der Waals surface area contributed by atoms with Gasteiger partial charge in [-0.3, -0.25) is 0 Å². The van der Waals surface area contributed by atoms with Gasteiger partial charge in [0.25, 0.3) is 0 Å². The van der Waals surface area contributed by atoms with E-state index < -0.39 is 0 Å². The van der Waals surface area contributed by atoms with Crippen LogP contribution in [0, 0.1) is 0 Å². The second kappa shape index (κ2) is 8.98. The van der Waals surface area contributed by atoms with E-state index in [0.717, 1.165) is 17.8 Å². The van der Waals surface area contributed by atoms with Crippen LogP contribution in [0.15, 0.2) is 58.8 Å². The Kier molecular flexibility index (Phi) is 6.62. The minimum atomic E-state index is 0.238. The summed E-state index contributed by atoms with van der Waals surface area (Å²) in [5, 5.41) is 17.6. The number of aromatic hydroxyl groups is 1. The third-order valence-corrected chi connectivity index (χ3v) is 3.64. The molecule has 2 aromatic rings. The Hall–Kier alpha value is -2.16. The zero-order valence-electron chi connectivity index (χ0n) is 13.2. The van der Waals surface area contributed by atoms with Crippen molar-refractivity contribution in [2.75, 3.05) is 0 Å². The molecule has 0 saturated heterocycles. The second-order valence-electron chi connectivity index (χ2n) is 5.55. The van der Waals surface area contributed by atoms with Crippen molar-refractivity contribution >= 4 is 11.4 Å². The molecule has 0 aliphatic rings. The number of azo groups is 1. The number of hydrogen-bond donors (Lipinski definition) is 1. The SMILES string of the molecule is CCCCCCCc1ccc(/N=N/c2ccc(O)cc2)cc1. The highest BCUT2D eigenvalue weighted by Crippen LogP contribution is 2.21. The molecule has 0 aliphatic carbocycles. The summed E-state index contributed by atoms with van der Waals surface area (Å²) in [4.78, 5) is 0. The molecule has 116 valence electrons. The van der Waals surface area contributed by atoms with E-state index in [2.05, 4.69) is 29.3 Å². The molecule has 2 rings (SSSR count). The summed E-state index contributed by atoms with van der Waals surface area (Å²) < 4.78 is 0. The molecule has 0 bridgehead atoms. The number of unbranched alkanes of at least 4 members (excludes halogenated alkanes) is 4. The molecule has 0 radical (unpaired) electrons. The van der Waals surface area contributed by atoms with Crippen molar-refractivity contribution < 1.29 is 5.11 Å². The topological polar surface area (TPSA) is 45.0 Å². The van der Waals surface area contributed by atoms with Gasteiger partial charge in [-0.25, -0.2) is 0 Å². The Bertz CT molecular complexity index is 573. The highest BCUT2D eigenvalue weighted by Gasteiger charge is 1.96. The fraction of sp³-hybridized carbons (Fsp3) is 0.368. The number of nitrogens with zero attached hydrogens (tertiary/aromatic N) is 2. The van der Waals surface area contributed by atoms with Crippen LogP contribution in [0.5, 0.6) is 5.75 Å². The smallest absolute Gasteiger partial charge is 0.115 e. The Morgan fingerprint density at radius 2 is 1.27 bits per heavy atom. The third-order valence-electron chi connectivity index (χ3n) is 3.64. The lowest BCUT2D eigenvalue weighted by molar-refractivity contribution is 0.475. The molecule has 0 spiro atoms. The molecule has 0 atom stereocenters. The monoisotopic (exact) mass is 296 g/mol. The molecule has 3 heteroatoms. The predicted molar refractivity (Wildman–Crippen MR) is 91.2 cm³/mol. The minimum absolute atomic E-state index is 0.238. The van der Waals surface area contributed by atoms with Crippen LogP contribution >= 0.6 is 0 Å².